The van der Waals surface area contributed by atoms with Gasteiger partial charge in [0, 0.05) is 0 Å². The number of phenolic OH excluding ortho intramolecular Hbond substituents is 1. The van der Waals surface area contributed by atoms with Crippen LogP contribution in [-0.2, 0) is 8.53 Å². The van der Waals surface area contributed by atoms with E-state index in [2.05, 4.69) is 5.32 Å². The molecule has 21 heavy (non-hydrogen) atoms. The molecule has 0 aliphatic carbocycles. The molecule has 6 nitrogen and oxygen atoms in total. The van der Waals surface area contributed by atoms with Crippen molar-refractivity contribution in [3.63, 3.8) is 0 Å². The number of carbonyl (C=O) groups is 1. The van der Waals surface area contributed by atoms with Gasteiger partial charge in [0.25, 0.3) is 0 Å². The SMILES string of the molecule is CC(=O)Nc1cccc([As](=O)(O)Oc2ccccc2)c1O. The maximum absolute atomic E-state index is 12.4. The molecule has 0 bridgehead atoms. The first kappa shape index (κ1) is 15.2. The van der Waals surface area contributed by atoms with Crippen molar-refractivity contribution < 1.29 is 21.5 Å². The summed E-state index contributed by atoms with van der Waals surface area (Å²) in [6, 6.07) is 12.3. The van der Waals surface area contributed by atoms with Gasteiger partial charge in [0.2, 0.25) is 0 Å². The third-order valence-electron chi connectivity index (χ3n) is 2.60. The predicted molar refractivity (Wildman–Crippen MR) is 77.8 cm³/mol. The fourth-order valence-corrected chi connectivity index (χ4v) is 4.17. The van der Waals surface area contributed by atoms with Crippen molar-refractivity contribution in [3.8, 4) is 11.5 Å². The third kappa shape index (κ3) is 3.68. The van der Waals surface area contributed by atoms with Crippen molar-refractivity contribution in [2.45, 2.75) is 6.92 Å². The molecule has 0 aliphatic heterocycles. The molecule has 2 rings (SSSR count). The second-order valence-electron chi connectivity index (χ2n) is 4.28. The zero-order valence-corrected chi connectivity index (χ0v) is 13.1. The molecule has 0 radical (unpaired) electrons. The van der Waals surface area contributed by atoms with Gasteiger partial charge in [-0.25, -0.2) is 0 Å². The fourth-order valence-electron chi connectivity index (χ4n) is 1.72. The Labute approximate surface area is 124 Å². The summed E-state index contributed by atoms with van der Waals surface area (Å²) in [5.41, 5.74) is 0.0624. The van der Waals surface area contributed by atoms with Gasteiger partial charge in [-0.2, -0.15) is 0 Å². The predicted octanol–water partition coefficient (Wildman–Crippen LogP) is 0.998. The Kier molecular flexibility index (Phi) is 4.40. The Hall–Kier alpha value is -2.17. The molecule has 7 heteroatoms. The molecule has 0 aromatic heterocycles. The number of phenols is 1. The monoisotopic (exact) mass is 351 g/mol. The molecule has 0 aliphatic rings. The van der Waals surface area contributed by atoms with Crippen LogP contribution in [-0.4, -0.2) is 29.3 Å². The first-order valence-corrected chi connectivity index (χ1v) is 9.39. The molecule has 2 aromatic rings. The summed E-state index contributed by atoms with van der Waals surface area (Å²) in [6.07, 6.45) is 0. The van der Waals surface area contributed by atoms with Gasteiger partial charge in [0.1, 0.15) is 0 Å². The molecule has 0 spiro atoms. The van der Waals surface area contributed by atoms with Crippen LogP contribution in [0.15, 0.2) is 48.5 Å². The molecule has 0 saturated heterocycles. The van der Waals surface area contributed by atoms with Gasteiger partial charge in [-0.1, -0.05) is 0 Å². The van der Waals surface area contributed by atoms with Crippen molar-refractivity contribution in [2.24, 2.45) is 0 Å². The minimum absolute atomic E-state index is 0.0624. The average Bonchev–Trinajstić information content (AvgIpc) is 2.41. The Bertz CT molecular complexity index is 702. The molecule has 1 amide bonds. The van der Waals surface area contributed by atoms with Gasteiger partial charge in [-0.3, -0.25) is 0 Å². The Morgan fingerprint density at radius 2 is 1.81 bits per heavy atom. The van der Waals surface area contributed by atoms with Crippen LogP contribution in [0.25, 0.3) is 0 Å². The fraction of sp³-hybridized carbons (Fsp3) is 0.0714. The second-order valence-corrected chi connectivity index (χ2v) is 7.86. The van der Waals surface area contributed by atoms with Crippen LogP contribution in [0, 0.1) is 0 Å². The van der Waals surface area contributed by atoms with E-state index in [0.29, 0.717) is 0 Å². The van der Waals surface area contributed by atoms with Crippen LogP contribution in [0.5, 0.6) is 11.5 Å². The van der Waals surface area contributed by atoms with Crippen LogP contribution in [0.1, 0.15) is 6.92 Å². The topological polar surface area (TPSA) is 95.9 Å². The average molecular weight is 351 g/mol. The van der Waals surface area contributed by atoms with E-state index in [-0.39, 0.29) is 15.8 Å². The molecule has 3 N–H and O–H groups in total. The number of benzene rings is 2. The summed E-state index contributed by atoms with van der Waals surface area (Å²) in [4.78, 5) is 11.0. The summed E-state index contributed by atoms with van der Waals surface area (Å²) in [7, 11) is 0. The standard InChI is InChI=1S/C14H14AsNO5/c1-10(17)16-13-9-5-8-12(14(13)18)15(19,20)21-11-6-3-2-4-7-11/h2-9,18H,1H3,(H,16,17)(H,19,20). The summed E-state index contributed by atoms with van der Waals surface area (Å²) in [6.45, 7) is 1.27. The van der Waals surface area contributed by atoms with Gasteiger partial charge in [0.15, 0.2) is 0 Å². The van der Waals surface area contributed by atoms with E-state index in [1.54, 1.807) is 30.3 Å². The Morgan fingerprint density at radius 3 is 2.43 bits per heavy atom. The number of hydrogen-bond donors (Lipinski definition) is 3. The number of amides is 1. The third-order valence-corrected chi connectivity index (χ3v) is 5.60. The van der Waals surface area contributed by atoms with E-state index >= 15 is 0 Å². The maximum atomic E-state index is 12.4. The molecular formula is C14H14AsNO5. The van der Waals surface area contributed by atoms with Crippen LogP contribution >= 0.6 is 0 Å². The van der Waals surface area contributed by atoms with Crippen molar-refractivity contribution in [1.82, 2.24) is 0 Å². The quantitative estimate of drug-likeness (QED) is 0.564. The number of para-hydroxylation sites is 2. The summed E-state index contributed by atoms with van der Waals surface area (Å²) < 4.78 is 27.4. The Morgan fingerprint density at radius 1 is 1.14 bits per heavy atom. The van der Waals surface area contributed by atoms with E-state index in [9.17, 15) is 17.7 Å². The first-order chi connectivity index (χ1) is 9.90. The molecule has 1 unspecified atom stereocenters. The molecule has 0 heterocycles. The van der Waals surface area contributed by atoms with Crippen molar-refractivity contribution in [3.05, 3.63) is 48.5 Å². The number of nitrogens with one attached hydrogen (secondary N) is 1. The molecule has 110 valence electrons. The van der Waals surface area contributed by atoms with Gasteiger partial charge < -0.3 is 0 Å². The second kappa shape index (κ2) is 6.08. The zero-order chi connectivity index (χ0) is 15.5. The van der Waals surface area contributed by atoms with Crippen LogP contribution in [0.2, 0.25) is 0 Å². The van der Waals surface area contributed by atoms with E-state index < -0.39 is 25.8 Å². The van der Waals surface area contributed by atoms with Crippen molar-refractivity contribution >= 4 is 30.1 Å². The van der Waals surface area contributed by atoms with E-state index in [1.807, 2.05) is 0 Å². The van der Waals surface area contributed by atoms with Gasteiger partial charge in [-0.15, -0.1) is 0 Å². The molecule has 2 aromatic carbocycles. The van der Waals surface area contributed by atoms with E-state index in [0.717, 1.165) is 0 Å². The normalized spacial score (nSPS) is 13.2. The minimum atomic E-state index is -4.98. The van der Waals surface area contributed by atoms with E-state index in [4.69, 9.17) is 3.73 Å². The van der Waals surface area contributed by atoms with Gasteiger partial charge >= 0.3 is 124 Å². The number of aromatic hydroxyl groups is 1. The van der Waals surface area contributed by atoms with Crippen molar-refractivity contribution in [1.29, 1.82) is 0 Å². The summed E-state index contributed by atoms with van der Waals surface area (Å²) in [5.74, 6) is -0.632. The van der Waals surface area contributed by atoms with Crippen LogP contribution < -0.4 is 13.4 Å². The molecule has 0 fully saturated rings. The Balaban J connectivity index is 2.36. The zero-order valence-electron chi connectivity index (χ0n) is 11.2. The summed E-state index contributed by atoms with van der Waals surface area (Å²) >= 11 is -4.98. The van der Waals surface area contributed by atoms with E-state index in [1.165, 1.54) is 25.1 Å². The van der Waals surface area contributed by atoms with Crippen LogP contribution in [0.3, 0.4) is 0 Å². The van der Waals surface area contributed by atoms with Crippen LogP contribution in [0.4, 0.5) is 5.69 Å². The summed E-state index contributed by atoms with van der Waals surface area (Å²) in [5, 5.41) is 12.4. The van der Waals surface area contributed by atoms with Gasteiger partial charge in [-0.05, 0) is 0 Å². The number of carbonyl (C=O) groups excluding carboxylic acids is 1. The first-order valence-electron chi connectivity index (χ1n) is 6.08. The number of anilines is 1. The number of rotatable bonds is 4. The van der Waals surface area contributed by atoms with Crippen molar-refractivity contribution in [2.75, 3.05) is 5.32 Å². The molecular weight excluding hydrogens is 337 g/mol. The number of hydrogen-bond acceptors (Lipinski definition) is 4. The molecule has 0 saturated carbocycles. The van der Waals surface area contributed by atoms with Gasteiger partial charge in [0.05, 0.1) is 0 Å². The molecule has 1 atom stereocenters.